The Bertz CT molecular complexity index is 596. The van der Waals surface area contributed by atoms with Crippen LogP contribution in [0.3, 0.4) is 0 Å². The molecule has 1 fully saturated rings. The highest BCUT2D eigenvalue weighted by atomic mass is 32.1. The van der Waals surface area contributed by atoms with Crippen molar-refractivity contribution in [3.63, 3.8) is 0 Å². The average Bonchev–Trinajstić information content (AvgIpc) is 2.95. The van der Waals surface area contributed by atoms with E-state index in [1.165, 1.54) is 9.71 Å². The van der Waals surface area contributed by atoms with E-state index in [1.807, 2.05) is 6.07 Å². The van der Waals surface area contributed by atoms with Crippen LogP contribution in [-0.2, 0) is 11.2 Å². The lowest BCUT2D eigenvalue weighted by atomic mass is 9.99. The molecule has 0 aliphatic carbocycles. The number of likely N-dealkylation sites (tertiary alicyclic amines) is 1. The molecule has 2 heterocycles. The van der Waals surface area contributed by atoms with Gasteiger partial charge in [-0.1, -0.05) is 19.1 Å². The second kappa shape index (κ2) is 7.23. The highest BCUT2D eigenvalue weighted by Gasteiger charge is 2.19. The number of aryl methyl sites for hydroxylation is 1. The number of nitrogens with zero attached hydrogens (tertiary/aromatic N) is 2. The van der Waals surface area contributed by atoms with E-state index in [2.05, 4.69) is 35.0 Å². The minimum atomic E-state index is 0.344. The molecule has 1 aliphatic rings. The predicted molar refractivity (Wildman–Crippen MR) is 92.2 cm³/mol. The van der Waals surface area contributed by atoms with Crippen molar-refractivity contribution < 1.29 is 4.79 Å². The maximum atomic E-state index is 12.2. The third kappa shape index (κ3) is 3.86. The summed E-state index contributed by atoms with van der Waals surface area (Å²) in [5.41, 5.74) is 1.10. The topological polar surface area (TPSA) is 33.2 Å². The molecule has 0 atom stereocenters. The van der Waals surface area contributed by atoms with Crippen LogP contribution in [0.2, 0.25) is 0 Å². The first-order chi connectivity index (χ1) is 10.7. The van der Waals surface area contributed by atoms with Gasteiger partial charge in [0.15, 0.2) is 0 Å². The first-order valence-corrected chi connectivity index (χ1v) is 9.16. The van der Waals surface area contributed by atoms with Crippen LogP contribution in [0.25, 0.3) is 10.2 Å². The van der Waals surface area contributed by atoms with Crippen molar-refractivity contribution in [3.05, 3.63) is 29.3 Å². The molecule has 0 radical (unpaired) electrons. The van der Waals surface area contributed by atoms with Crippen LogP contribution in [0.1, 0.15) is 44.0 Å². The zero-order chi connectivity index (χ0) is 15.4. The highest BCUT2D eigenvalue weighted by molar-refractivity contribution is 7.18. The quantitative estimate of drug-likeness (QED) is 0.772. The van der Waals surface area contributed by atoms with Crippen LogP contribution in [0.15, 0.2) is 24.3 Å². The first kappa shape index (κ1) is 15.5. The third-order valence-electron chi connectivity index (χ3n) is 4.51. The number of thiazole rings is 1. The molecule has 1 amide bonds. The van der Waals surface area contributed by atoms with Gasteiger partial charge in [0, 0.05) is 19.5 Å². The summed E-state index contributed by atoms with van der Waals surface area (Å²) in [6, 6.07) is 8.28. The highest BCUT2D eigenvalue weighted by Crippen LogP contribution is 2.23. The Morgan fingerprint density at radius 1 is 1.27 bits per heavy atom. The van der Waals surface area contributed by atoms with E-state index in [9.17, 15) is 4.79 Å². The Morgan fingerprint density at radius 2 is 2.05 bits per heavy atom. The fraction of sp³-hybridized carbons (Fsp3) is 0.556. The molecular formula is C18H24N2OS. The zero-order valence-corrected chi connectivity index (χ0v) is 14.1. The van der Waals surface area contributed by atoms with Crippen molar-refractivity contribution >= 4 is 27.5 Å². The Morgan fingerprint density at radius 3 is 2.82 bits per heavy atom. The van der Waals surface area contributed by atoms with Gasteiger partial charge < -0.3 is 4.90 Å². The standard InChI is InChI=1S/C18H24N2OS/c1-14-10-12-20(13-11-14)18(21)9-5-4-8-17-19-15-6-2-3-7-16(15)22-17/h2-3,6-7,14H,4-5,8-13H2,1H3. The molecule has 1 saturated heterocycles. The van der Waals surface area contributed by atoms with Gasteiger partial charge >= 0.3 is 0 Å². The first-order valence-electron chi connectivity index (χ1n) is 8.34. The van der Waals surface area contributed by atoms with Crippen LogP contribution >= 0.6 is 11.3 Å². The Hall–Kier alpha value is -1.42. The summed E-state index contributed by atoms with van der Waals surface area (Å²) in [4.78, 5) is 18.9. The molecule has 0 bridgehead atoms. The summed E-state index contributed by atoms with van der Waals surface area (Å²) < 4.78 is 1.26. The number of unbranched alkanes of at least 4 members (excludes halogenated alkanes) is 1. The molecule has 1 aromatic heterocycles. The summed E-state index contributed by atoms with van der Waals surface area (Å²) in [5, 5.41) is 1.19. The SMILES string of the molecule is CC1CCN(C(=O)CCCCc2nc3ccccc3s2)CC1. The Labute approximate surface area is 136 Å². The van der Waals surface area contributed by atoms with Crippen molar-refractivity contribution in [1.29, 1.82) is 0 Å². The van der Waals surface area contributed by atoms with E-state index in [0.717, 1.165) is 56.6 Å². The average molecular weight is 316 g/mol. The predicted octanol–water partition coefficient (Wildman–Crippen LogP) is 4.27. The van der Waals surface area contributed by atoms with E-state index in [-0.39, 0.29) is 0 Å². The maximum absolute atomic E-state index is 12.2. The summed E-state index contributed by atoms with van der Waals surface area (Å²) in [6.07, 6.45) is 6.04. The largest absolute Gasteiger partial charge is 0.343 e. The van der Waals surface area contributed by atoms with Gasteiger partial charge in [-0.2, -0.15) is 0 Å². The molecule has 3 nitrogen and oxygen atoms in total. The van der Waals surface area contributed by atoms with Crippen LogP contribution in [0.4, 0.5) is 0 Å². The van der Waals surface area contributed by atoms with Crippen LogP contribution in [0.5, 0.6) is 0 Å². The number of hydrogen-bond acceptors (Lipinski definition) is 3. The lowest BCUT2D eigenvalue weighted by molar-refractivity contribution is -0.132. The number of carbonyl (C=O) groups is 1. The van der Waals surface area contributed by atoms with Crippen molar-refractivity contribution in [2.24, 2.45) is 5.92 Å². The van der Waals surface area contributed by atoms with E-state index in [4.69, 9.17) is 0 Å². The summed E-state index contributed by atoms with van der Waals surface area (Å²) in [5.74, 6) is 1.12. The van der Waals surface area contributed by atoms with E-state index >= 15 is 0 Å². The number of rotatable bonds is 5. The molecular weight excluding hydrogens is 292 g/mol. The van der Waals surface area contributed by atoms with Crippen molar-refractivity contribution in [3.8, 4) is 0 Å². The van der Waals surface area contributed by atoms with Gasteiger partial charge in [-0.05, 0) is 50.2 Å². The Kier molecular flexibility index (Phi) is 5.08. The molecule has 118 valence electrons. The number of piperidine rings is 1. The number of para-hydroxylation sites is 1. The lowest BCUT2D eigenvalue weighted by Gasteiger charge is -2.30. The van der Waals surface area contributed by atoms with Gasteiger partial charge in [0.05, 0.1) is 15.2 Å². The smallest absolute Gasteiger partial charge is 0.222 e. The van der Waals surface area contributed by atoms with Gasteiger partial charge in [-0.25, -0.2) is 4.98 Å². The number of fused-ring (bicyclic) bond motifs is 1. The van der Waals surface area contributed by atoms with E-state index in [0.29, 0.717) is 12.3 Å². The summed E-state index contributed by atoms with van der Waals surface area (Å²) in [7, 11) is 0. The summed E-state index contributed by atoms with van der Waals surface area (Å²) in [6.45, 7) is 4.19. The molecule has 3 rings (SSSR count). The molecule has 0 saturated carbocycles. The normalized spacial score (nSPS) is 16.3. The van der Waals surface area contributed by atoms with Crippen molar-refractivity contribution in [2.75, 3.05) is 13.1 Å². The third-order valence-corrected chi connectivity index (χ3v) is 5.60. The number of hydrogen-bond donors (Lipinski definition) is 0. The fourth-order valence-electron chi connectivity index (χ4n) is 3.00. The van der Waals surface area contributed by atoms with Crippen LogP contribution in [0, 0.1) is 5.92 Å². The summed E-state index contributed by atoms with van der Waals surface area (Å²) >= 11 is 1.78. The molecule has 1 aromatic carbocycles. The fourth-order valence-corrected chi connectivity index (χ4v) is 4.00. The number of amides is 1. The number of carbonyl (C=O) groups excluding carboxylic acids is 1. The van der Waals surface area contributed by atoms with Gasteiger partial charge in [0.1, 0.15) is 0 Å². The Balaban J connectivity index is 1.40. The van der Waals surface area contributed by atoms with Crippen LogP contribution in [-0.4, -0.2) is 28.9 Å². The maximum Gasteiger partial charge on any atom is 0.222 e. The molecule has 1 aliphatic heterocycles. The van der Waals surface area contributed by atoms with Crippen LogP contribution < -0.4 is 0 Å². The minimum Gasteiger partial charge on any atom is -0.343 e. The van der Waals surface area contributed by atoms with Gasteiger partial charge in [-0.3, -0.25) is 4.79 Å². The van der Waals surface area contributed by atoms with Gasteiger partial charge in [-0.15, -0.1) is 11.3 Å². The molecule has 4 heteroatoms. The molecule has 2 aromatic rings. The monoisotopic (exact) mass is 316 g/mol. The molecule has 22 heavy (non-hydrogen) atoms. The van der Waals surface area contributed by atoms with Crippen molar-refractivity contribution in [2.45, 2.75) is 45.4 Å². The molecule has 0 unspecified atom stereocenters. The second-order valence-electron chi connectivity index (χ2n) is 6.35. The number of benzene rings is 1. The lowest BCUT2D eigenvalue weighted by Crippen LogP contribution is -2.37. The van der Waals surface area contributed by atoms with Gasteiger partial charge in [0.2, 0.25) is 5.91 Å². The van der Waals surface area contributed by atoms with Crippen molar-refractivity contribution in [1.82, 2.24) is 9.88 Å². The molecule has 0 spiro atoms. The zero-order valence-electron chi connectivity index (χ0n) is 13.3. The number of aromatic nitrogens is 1. The molecule has 0 N–H and O–H groups in total. The van der Waals surface area contributed by atoms with E-state index < -0.39 is 0 Å². The second-order valence-corrected chi connectivity index (χ2v) is 7.46. The van der Waals surface area contributed by atoms with Gasteiger partial charge in [0.25, 0.3) is 0 Å². The minimum absolute atomic E-state index is 0.344. The van der Waals surface area contributed by atoms with E-state index in [1.54, 1.807) is 11.3 Å².